The van der Waals surface area contributed by atoms with Gasteiger partial charge in [0.05, 0.1) is 0 Å². The molecule has 3 N–H and O–H groups in total. The molecule has 2 aromatic heterocycles. The number of nitrogen functional groups attached to an aromatic ring is 1. The topological polar surface area (TPSA) is 80.0 Å². The average molecular weight is 272 g/mol. The average Bonchev–Trinajstić information content (AvgIpc) is 2.52. The van der Waals surface area contributed by atoms with Gasteiger partial charge in [-0.3, -0.25) is 4.98 Å². The first-order chi connectivity index (χ1) is 9.80. The highest BCUT2D eigenvalue weighted by atomic mass is 15.3. The van der Waals surface area contributed by atoms with Crippen LogP contribution in [0.2, 0.25) is 0 Å². The normalized spacial score (nSPS) is 10.3. The van der Waals surface area contributed by atoms with Gasteiger partial charge in [-0.25, -0.2) is 15.8 Å². The van der Waals surface area contributed by atoms with Crippen LogP contribution in [0.1, 0.15) is 25.0 Å². The lowest BCUT2D eigenvalue weighted by Gasteiger charge is -2.25. The molecule has 20 heavy (non-hydrogen) atoms. The van der Waals surface area contributed by atoms with Crippen LogP contribution >= 0.6 is 0 Å². The molecular formula is C14H20N6. The molecule has 0 saturated carbocycles. The van der Waals surface area contributed by atoms with E-state index in [1.54, 1.807) is 18.7 Å². The molecule has 2 aromatic rings. The third-order valence-electron chi connectivity index (χ3n) is 3.22. The first kappa shape index (κ1) is 14.2. The van der Waals surface area contributed by atoms with Crippen molar-refractivity contribution in [2.24, 2.45) is 5.84 Å². The summed E-state index contributed by atoms with van der Waals surface area (Å²) in [5.41, 5.74) is 4.87. The van der Waals surface area contributed by atoms with E-state index in [1.165, 1.54) is 5.56 Å². The number of hydrogen-bond acceptors (Lipinski definition) is 6. The Labute approximate surface area is 119 Å². The monoisotopic (exact) mass is 272 g/mol. The minimum atomic E-state index is 0.686. The van der Waals surface area contributed by atoms with Crippen molar-refractivity contribution in [2.75, 3.05) is 16.9 Å². The van der Waals surface area contributed by atoms with Crippen LogP contribution < -0.4 is 16.2 Å². The van der Waals surface area contributed by atoms with Crippen molar-refractivity contribution in [1.29, 1.82) is 0 Å². The summed E-state index contributed by atoms with van der Waals surface area (Å²) < 4.78 is 0. The number of nitrogens with two attached hydrogens (primary N) is 1. The summed E-state index contributed by atoms with van der Waals surface area (Å²) in [5.74, 6) is 7.13. The van der Waals surface area contributed by atoms with E-state index in [-0.39, 0.29) is 0 Å². The van der Waals surface area contributed by atoms with Crippen LogP contribution in [0.3, 0.4) is 0 Å². The summed E-state index contributed by atoms with van der Waals surface area (Å²) in [4.78, 5) is 14.8. The molecular weight excluding hydrogens is 252 g/mol. The van der Waals surface area contributed by atoms with Gasteiger partial charge in [-0.05, 0) is 31.0 Å². The van der Waals surface area contributed by atoms with E-state index in [0.717, 1.165) is 30.9 Å². The second-order valence-corrected chi connectivity index (χ2v) is 4.39. The standard InChI is InChI=1S/C14H20N6/c1-3-12-13(19-15)17-10-18-14(12)20(4-2)9-11-5-7-16-8-6-11/h5-8,10H,3-4,9,15H2,1-2H3,(H,17,18,19). The molecule has 0 spiro atoms. The maximum Gasteiger partial charge on any atom is 0.148 e. The minimum Gasteiger partial charge on any atom is -0.352 e. The predicted molar refractivity (Wildman–Crippen MR) is 80.2 cm³/mol. The molecule has 0 atom stereocenters. The molecule has 6 heteroatoms. The van der Waals surface area contributed by atoms with Gasteiger partial charge < -0.3 is 10.3 Å². The lowest BCUT2D eigenvalue weighted by molar-refractivity contribution is 0.797. The van der Waals surface area contributed by atoms with Crippen molar-refractivity contribution in [3.05, 3.63) is 42.0 Å². The predicted octanol–water partition coefficient (Wildman–Crippen LogP) is 1.75. The van der Waals surface area contributed by atoms with Crippen molar-refractivity contribution in [1.82, 2.24) is 15.0 Å². The molecule has 0 aliphatic rings. The smallest absolute Gasteiger partial charge is 0.148 e. The molecule has 106 valence electrons. The van der Waals surface area contributed by atoms with Crippen LogP contribution in [0.5, 0.6) is 0 Å². The van der Waals surface area contributed by atoms with Crippen LogP contribution in [0, 0.1) is 0 Å². The Kier molecular flexibility index (Phi) is 4.84. The zero-order chi connectivity index (χ0) is 14.4. The molecule has 0 aliphatic carbocycles. The van der Waals surface area contributed by atoms with Crippen LogP contribution in [0.4, 0.5) is 11.6 Å². The van der Waals surface area contributed by atoms with E-state index in [4.69, 9.17) is 5.84 Å². The number of rotatable bonds is 6. The van der Waals surface area contributed by atoms with E-state index < -0.39 is 0 Å². The molecule has 0 fully saturated rings. The molecule has 6 nitrogen and oxygen atoms in total. The second kappa shape index (κ2) is 6.81. The lowest BCUT2D eigenvalue weighted by atomic mass is 10.2. The molecule has 2 heterocycles. The fraction of sp³-hybridized carbons (Fsp3) is 0.357. The Bertz CT molecular complexity index is 543. The molecule has 0 aliphatic heterocycles. The van der Waals surface area contributed by atoms with Gasteiger partial charge in [0.25, 0.3) is 0 Å². The number of aromatic nitrogens is 3. The maximum atomic E-state index is 5.52. The SMILES string of the molecule is CCc1c(NN)ncnc1N(CC)Cc1ccncc1. The van der Waals surface area contributed by atoms with Gasteiger partial charge in [-0.15, -0.1) is 0 Å². The second-order valence-electron chi connectivity index (χ2n) is 4.39. The minimum absolute atomic E-state index is 0.686. The zero-order valence-corrected chi connectivity index (χ0v) is 11.9. The Morgan fingerprint density at radius 3 is 2.55 bits per heavy atom. The van der Waals surface area contributed by atoms with E-state index in [1.807, 2.05) is 12.1 Å². The molecule has 0 amide bonds. The number of nitrogens with zero attached hydrogens (tertiary/aromatic N) is 4. The van der Waals surface area contributed by atoms with Gasteiger partial charge in [0, 0.05) is 31.0 Å². The van der Waals surface area contributed by atoms with Gasteiger partial charge in [-0.1, -0.05) is 6.92 Å². The summed E-state index contributed by atoms with van der Waals surface area (Å²) in [5, 5.41) is 0. The maximum absolute atomic E-state index is 5.52. The van der Waals surface area contributed by atoms with Crippen LogP contribution in [-0.4, -0.2) is 21.5 Å². The van der Waals surface area contributed by atoms with E-state index in [2.05, 4.69) is 39.1 Å². The summed E-state index contributed by atoms with van der Waals surface area (Å²) in [6, 6.07) is 4.02. The summed E-state index contributed by atoms with van der Waals surface area (Å²) in [7, 11) is 0. The largest absolute Gasteiger partial charge is 0.352 e. The fourth-order valence-corrected chi connectivity index (χ4v) is 2.17. The highest BCUT2D eigenvalue weighted by molar-refractivity contribution is 5.58. The molecule has 0 unspecified atom stereocenters. The first-order valence-corrected chi connectivity index (χ1v) is 6.74. The number of pyridine rings is 1. The quantitative estimate of drug-likeness (QED) is 0.616. The van der Waals surface area contributed by atoms with Crippen molar-refractivity contribution in [2.45, 2.75) is 26.8 Å². The van der Waals surface area contributed by atoms with Crippen LogP contribution in [-0.2, 0) is 13.0 Å². The number of hydrazine groups is 1. The van der Waals surface area contributed by atoms with Crippen molar-refractivity contribution >= 4 is 11.6 Å². The third-order valence-corrected chi connectivity index (χ3v) is 3.22. The lowest BCUT2D eigenvalue weighted by Crippen LogP contribution is -2.25. The fourth-order valence-electron chi connectivity index (χ4n) is 2.17. The third kappa shape index (κ3) is 3.03. The van der Waals surface area contributed by atoms with Crippen LogP contribution in [0.25, 0.3) is 0 Å². The van der Waals surface area contributed by atoms with Gasteiger partial charge >= 0.3 is 0 Å². The Hall–Kier alpha value is -2.21. The Morgan fingerprint density at radius 2 is 1.95 bits per heavy atom. The number of anilines is 2. The zero-order valence-electron chi connectivity index (χ0n) is 11.9. The van der Waals surface area contributed by atoms with E-state index >= 15 is 0 Å². The van der Waals surface area contributed by atoms with E-state index in [9.17, 15) is 0 Å². The molecule has 0 saturated heterocycles. The Morgan fingerprint density at radius 1 is 1.20 bits per heavy atom. The number of nitrogens with one attached hydrogen (secondary N) is 1. The van der Waals surface area contributed by atoms with Crippen molar-refractivity contribution < 1.29 is 0 Å². The molecule has 0 aromatic carbocycles. The van der Waals surface area contributed by atoms with Gasteiger partial charge in [0.15, 0.2) is 0 Å². The molecule has 0 radical (unpaired) electrons. The molecule has 2 rings (SSSR count). The first-order valence-electron chi connectivity index (χ1n) is 6.74. The summed E-state index contributed by atoms with van der Waals surface area (Å²) >= 11 is 0. The van der Waals surface area contributed by atoms with E-state index in [0.29, 0.717) is 5.82 Å². The van der Waals surface area contributed by atoms with Gasteiger partial charge in [-0.2, -0.15) is 0 Å². The highest BCUT2D eigenvalue weighted by Gasteiger charge is 2.14. The van der Waals surface area contributed by atoms with Gasteiger partial charge in [0.2, 0.25) is 0 Å². The van der Waals surface area contributed by atoms with Gasteiger partial charge in [0.1, 0.15) is 18.0 Å². The van der Waals surface area contributed by atoms with Crippen molar-refractivity contribution in [3.63, 3.8) is 0 Å². The summed E-state index contributed by atoms with van der Waals surface area (Å²) in [6.07, 6.45) is 5.97. The highest BCUT2D eigenvalue weighted by Crippen LogP contribution is 2.24. The van der Waals surface area contributed by atoms with Crippen molar-refractivity contribution in [3.8, 4) is 0 Å². The van der Waals surface area contributed by atoms with Crippen LogP contribution in [0.15, 0.2) is 30.9 Å². The molecule has 0 bridgehead atoms. The Balaban J connectivity index is 2.32. The number of hydrogen-bond donors (Lipinski definition) is 2. The summed E-state index contributed by atoms with van der Waals surface area (Å²) in [6.45, 7) is 5.82.